The van der Waals surface area contributed by atoms with Gasteiger partial charge in [0.1, 0.15) is 21.4 Å². The first kappa shape index (κ1) is 22.9. The number of imidazole rings is 1. The highest BCUT2D eigenvalue weighted by molar-refractivity contribution is 14.1. The molecule has 2 aromatic heterocycles. The van der Waals surface area contributed by atoms with Crippen LogP contribution < -0.4 is 4.74 Å². The van der Waals surface area contributed by atoms with Crippen molar-refractivity contribution in [2.24, 2.45) is 0 Å². The lowest BCUT2D eigenvalue weighted by Gasteiger charge is -2.37. The van der Waals surface area contributed by atoms with Gasteiger partial charge in [-0.1, -0.05) is 29.3 Å². The van der Waals surface area contributed by atoms with Gasteiger partial charge in [0, 0.05) is 36.5 Å². The normalized spacial score (nSPS) is 17.5. The highest BCUT2D eigenvalue weighted by Crippen LogP contribution is 2.39. The van der Waals surface area contributed by atoms with E-state index in [2.05, 4.69) is 32.1 Å². The summed E-state index contributed by atoms with van der Waals surface area (Å²) in [4.78, 5) is 24.0. The van der Waals surface area contributed by atoms with E-state index in [1.54, 1.807) is 29.2 Å². The zero-order chi connectivity index (χ0) is 23.1. The van der Waals surface area contributed by atoms with Crippen LogP contribution in [-0.4, -0.2) is 38.5 Å². The Labute approximate surface area is 214 Å². The number of aromatic nitrogens is 3. The molecule has 33 heavy (non-hydrogen) atoms. The molecule has 3 aromatic rings. The predicted octanol–water partition coefficient (Wildman–Crippen LogP) is 5.22. The average Bonchev–Trinajstić information content (AvgIpc) is 3.17. The van der Waals surface area contributed by atoms with E-state index in [9.17, 15) is 4.79 Å². The number of carbonyl (C=O) groups excluding carboxylic acids is 1. The number of aryl methyl sites for hydroxylation is 1. The summed E-state index contributed by atoms with van der Waals surface area (Å²) in [5.41, 5.74) is 2.22. The molecule has 0 aliphatic carbocycles. The Balaban J connectivity index is 1.50. The number of rotatable bonds is 4. The standard InChI is InChI=1S/C23H20Cl2FIN4O2/c24-13-4-5-14(15(26)11-13)21-22-16(28-19-3-1-2-9-30(19)22)8-10-31(21)20(32)12-33-17-6-7-18(27)29-23(17)25/h4-7,11,21H,1-3,8-10,12H2. The molecule has 0 N–H and O–H groups in total. The van der Waals surface area contributed by atoms with Crippen LogP contribution in [0.2, 0.25) is 10.2 Å². The second kappa shape index (κ2) is 9.38. The molecule has 2 aliphatic rings. The number of pyridine rings is 1. The van der Waals surface area contributed by atoms with Crippen molar-refractivity contribution < 1.29 is 13.9 Å². The third-order valence-electron chi connectivity index (χ3n) is 6.06. The lowest BCUT2D eigenvalue weighted by atomic mass is 9.94. The van der Waals surface area contributed by atoms with E-state index < -0.39 is 11.9 Å². The van der Waals surface area contributed by atoms with Gasteiger partial charge in [-0.3, -0.25) is 4.79 Å². The monoisotopic (exact) mass is 600 g/mol. The van der Waals surface area contributed by atoms with Crippen molar-refractivity contribution in [2.45, 2.75) is 38.3 Å². The minimum Gasteiger partial charge on any atom is -0.481 e. The number of ether oxygens (including phenoxy) is 1. The minimum atomic E-state index is -0.605. The number of amides is 1. The van der Waals surface area contributed by atoms with E-state index >= 15 is 4.39 Å². The quantitative estimate of drug-likeness (QED) is 0.304. The molecule has 1 aromatic carbocycles. The zero-order valence-corrected chi connectivity index (χ0v) is 21.2. The van der Waals surface area contributed by atoms with Crippen molar-refractivity contribution in [3.63, 3.8) is 0 Å². The summed E-state index contributed by atoms with van der Waals surface area (Å²) in [6, 6.07) is 7.42. The van der Waals surface area contributed by atoms with Crippen LogP contribution in [0, 0.1) is 9.52 Å². The molecule has 1 unspecified atom stereocenters. The van der Waals surface area contributed by atoms with Gasteiger partial charge >= 0.3 is 0 Å². The Kier molecular flexibility index (Phi) is 6.50. The number of hydrogen-bond acceptors (Lipinski definition) is 4. The zero-order valence-electron chi connectivity index (χ0n) is 17.5. The molecule has 0 spiro atoms. The fourth-order valence-corrected chi connectivity index (χ4v) is 5.52. The number of hydrogen-bond donors (Lipinski definition) is 0. The third-order valence-corrected chi connectivity index (χ3v) is 7.17. The van der Waals surface area contributed by atoms with Gasteiger partial charge in [-0.2, -0.15) is 0 Å². The number of fused-ring (bicyclic) bond motifs is 3. The van der Waals surface area contributed by atoms with Gasteiger partial charge in [-0.05, 0) is 59.7 Å². The van der Waals surface area contributed by atoms with Crippen LogP contribution in [0.3, 0.4) is 0 Å². The maximum absolute atomic E-state index is 15.1. The van der Waals surface area contributed by atoms with E-state index in [1.807, 2.05) is 0 Å². The van der Waals surface area contributed by atoms with Gasteiger partial charge in [0.25, 0.3) is 5.91 Å². The van der Waals surface area contributed by atoms with Crippen molar-refractivity contribution in [3.05, 3.63) is 72.8 Å². The first-order valence-corrected chi connectivity index (χ1v) is 12.5. The SMILES string of the molecule is O=C(COc1ccc(I)nc1Cl)N1CCc2nc3n(c2C1c1ccc(Cl)cc1F)CCCC3. The van der Waals surface area contributed by atoms with Crippen LogP contribution >= 0.6 is 45.8 Å². The highest BCUT2D eigenvalue weighted by atomic mass is 127. The average molecular weight is 601 g/mol. The summed E-state index contributed by atoms with van der Waals surface area (Å²) < 4.78 is 23.7. The van der Waals surface area contributed by atoms with Gasteiger partial charge in [0.05, 0.1) is 11.4 Å². The molecule has 1 amide bonds. The van der Waals surface area contributed by atoms with Crippen LogP contribution in [0.4, 0.5) is 4.39 Å². The number of halogens is 4. The molecule has 0 saturated heterocycles. The number of benzene rings is 1. The maximum Gasteiger partial charge on any atom is 0.261 e. The van der Waals surface area contributed by atoms with Crippen molar-refractivity contribution in [1.82, 2.24) is 19.4 Å². The van der Waals surface area contributed by atoms with E-state index in [0.29, 0.717) is 29.3 Å². The first-order valence-electron chi connectivity index (χ1n) is 10.7. The Bertz CT molecular complexity index is 1240. The molecule has 0 fully saturated rings. The molecule has 0 saturated carbocycles. The van der Waals surface area contributed by atoms with Crippen molar-refractivity contribution in [1.29, 1.82) is 0 Å². The second-order valence-corrected chi connectivity index (χ2v) is 9.99. The van der Waals surface area contributed by atoms with Gasteiger partial charge in [0.15, 0.2) is 17.5 Å². The molecule has 1 atom stereocenters. The summed E-state index contributed by atoms with van der Waals surface area (Å²) in [5, 5.41) is 0.505. The summed E-state index contributed by atoms with van der Waals surface area (Å²) >= 11 is 14.2. The maximum atomic E-state index is 15.1. The molecule has 10 heteroatoms. The Hall–Kier alpha value is -1.91. The lowest BCUT2D eigenvalue weighted by molar-refractivity contribution is -0.135. The summed E-state index contributed by atoms with van der Waals surface area (Å²) in [5.74, 6) is 0.628. The van der Waals surface area contributed by atoms with Crippen LogP contribution in [0.1, 0.15) is 41.7 Å². The molecular weight excluding hydrogens is 581 g/mol. The first-order chi connectivity index (χ1) is 15.9. The van der Waals surface area contributed by atoms with Crippen LogP contribution in [0.25, 0.3) is 0 Å². The molecule has 5 rings (SSSR count). The second-order valence-electron chi connectivity index (χ2n) is 8.09. The Morgan fingerprint density at radius 3 is 2.79 bits per heavy atom. The summed E-state index contributed by atoms with van der Waals surface area (Å²) in [7, 11) is 0. The largest absolute Gasteiger partial charge is 0.481 e. The van der Waals surface area contributed by atoms with E-state index in [4.69, 9.17) is 32.9 Å². The Morgan fingerprint density at radius 2 is 2.00 bits per heavy atom. The van der Waals surface area contributed by atoms with E-state index in [0.717, 1.165) is 46.7 Å². The van der Waals surface area contributed by atoms with E-state index in [1.165, 1.54) is 6.07 Å². The van der Waals surface area contributed by atoms with Crippen LogP contribution in [-0.2, 0) is 24.2 Å². The fourth-order valence-electron chi connectivity index (χ4n) is 4.59. The lowest BCUT2D eigenvalue weighted by Crippen LogP contribution is -2.44. The van der Waals surface area contributed by atoms with Gasteiger partial charge in [-0.15, -0.1) is 0 Å². The molecular formula is C23H20Cl2FIN4O2. The van der Waals surface area contributed by atoms with Crippen molar-refractivity contribution in [2.75, 3.05) is 13.2 Å². The van der Waals surface area contributed by atoms with Crippen molar-refractivity contribution in [3.8, 4) is 5.75 Å². The van der Waals surface area contributed by atoms with E-state index in [-0.39, 0.29) is 17.7 Å². The fraction of sp³-hybridized carbons (Fsp3) is 0.348. The van der Waals surface area contributed by atoms with Gasteiger partial charge in [-0.25, -0.2) is 14.4 Å². The van der Waals surface area contributed by atoms with Crippen LogP contribution in [0.5, 0.6) is 5.75 Å². The number of nitrogens with zero attached hydrogens (tertiary/aromatic N) is 4. The molecule has 2 aliphatic heterocycles. The molecule has 4 heterocycles. The predicted molar refractivity (Wildman–Crippen MR) is 131 cm³/mol. The highest BCUT2D eigenvalue weighted by Gasteiger charge is 2.38. The third kappa shape index (κ3) is 4.44. The summed E-state index contributed by atoms with van der Waals surface area (Å²) in [6.07, 6.45) is 3.61. The summed E-state index contributed by atoms with van der Waals surface area (Å²) in [6.45, 7) is 0.993. The number of carbonyl (C=O) groups is 1. The topological polar surface area (TPSA) is 60.2 Å². The molecule has 0 radical (unpaired) electrons. The van der Waals surface area contributed by atoms with Crippen LogP contribution in [0.15, 0.2) is 30.3 Å². The van der Waals surface area contributed by atoms with Gasteiger partial charge in [0.2, 0.25) is 0 Å². The van der Waals surface area contributed by atoms with Crippen molar-refractivity contribution >= 4 is 51.7 Å². The molecule has 0 bridgehead atoms. The molecule has 172 valence electrons. The minimum absolute atomic E-state index is 0.195. The molecule has 6 nitrogen and oxygen atoms in total. The Morgan fingerprint density at radius 1 is 1.15 bits per heavy atom. The van der Waals surface area contributed by atoms with Gasteiger partial charge < -0.3 is 14.2 Å². The smallest absolute Gasteiger partial charge is 0.261 e.